The van der Waals surface area contributed by atoms with Crippen LogP contribution >= 0.6 is 0 Å². The molecule has 1 saturated heterocycles. The molecule has 4 nitrogen and oxygen atoms in total. The predicted octanol–water partition coefficient (Wildman–Crippen LogP) is 3.90. The lowest BCUT2D eigenvalue weighted by molar-refractivity contribution is 0.0198. The zero-order valence-corrected chi connectivity index (χ0v) is 14.6. The number of morpholine rings is 1. The molecule has 0 bridgehead atoms. The van der Waals surface area contributed by atoms with Crippen LogP contribution in [-0.4, -0.2) is 41.4 Å². The third-order valence-corrected chi connectivity index (χ3v) is 4.80. The van der Waals surface area contributed by atoms with Crippen LogP contribution in [0.25, 0.3) is 11.1 Å². The van der Waals surface area contributed by atoms with E-state index in [4.69, 9.17) is 4.74 Å². The summed E-state index contributed by atoms with van der Waals surface area (Å²) in [5.41, 5.74) is 6.16. The first-order valence-corrected chi connectivity index (χ1v) is 8.55. The summed E-state index contributed by atoms with van der Waals surface area (Å²) in [4.78, 5) is 2.49. The van der Waals surface area contributed by atoms with Gasteiger partial charge in [-0.05, 0) is 30.9 Å². The molecule has 2 aromatic rings. The Bertz CT molecular complexity index is 639. The van der Waals surface area contributed by atoms with Gasteiger partial charge in [-0.25, -0.2) is 0 Å². The number of benzene rings is 1. The van der Waals surface area contributed by atoms with Crippen molar-refractivity contribution in [3.63, 3.8) is 0 Å². The van der Waals surface area contributed by atoms with Crippen molar-refractivity contribution >= 4 is 0 Å². The molecule has 3 rings (SSSR count). The highest BCUT2D eigenvalue weighted by atomic mass is 16.5. The fraction of sp³-hybridized carbons (Fsp3) is 0.526. The zero-order valence-electron chi connectivity index (χ0n) is 14.6. The van der Waals surface area contributed by atoms with Gasteiger partial charge in [0.2, 0.25) is 0 Å². The van der Waals surface area contributed by atoms with Gasteiger partial charge in [0.15, 0.2) is 0 Å². The molecule has 0 unspecified atom stereocenters. The Labute approximate surface area is 138 Å². The minimum Gasteiger partial charge on any atom is -0.379 e. The molecule has 0 spiro atoms. The highest BCUT2D eigenvalue weighted by Gasteiger charge is 2.19. The fourth-order valence-electron chi connectivity index (χ4n) is 3.33. The maximum Gasteiger partial charge on any atom is 0.0728 e. The van der Waals surface area contributed by atoms with Crippen molar-refractivity contribution in [1.82, 2.24) is 15.1 Å². The first-order valence-electron chi connectivity index (χ1n) is 8.55. The molecule has 0 saturated carbocycles. The number of aryl methyl sites for hydroxylation is 1. The van der Waals surface area contributed by atoms with Gasteiger partial charge in [0.05, 0.1) is 18.9 Å². The zero-order chi connectivity index (χ0) is 16.4. The molecular formula is C19H27N3O. The van der Waals surface area contributed by atoms with Crippen molar-refractivity contribution in [2.24, 2.45) is 0 Å². The molecule has 2 heterocycles. The van der Waals surface area contributed by atoms with Crippen LogP contribution in [-0.2, 0) is 4.74 Å². The molecule has 0 amide bonds. The van der Waals surface area contributed by atoms with E-state index in [1.54, 1.807) is 0 Å². The van der Waals surface area contributed by atoms with Crippen LogP contribution in [0, 0.1) is 6.92 Å². The quantitative estimate of drug-likeness (QED) is 0.930. The van der Waals surface area contributed by atoms with Crippen molar-refractivity contribution in [1.29, 1.82) is 0 Å². The van der Waals surface area contributed by atoms with E-state index in [1.165, 1.54) is 16.7 Å². The van der Waals surface area contributed by atoms with Gasteiger partial charge in [-0.15, -0.1) is 0 Å². The van der Waals surface area contributed by atoms with Crippen LogP contribution < -0.4 is 0 Å². The van der Waals surface area contributed by atoms with Gasteiger partial charge in [-0.1, -0.05) is 38.1 Å². The summed E-state index contributed by atoms with van der Waals surface area (Å²) in [6, 6.07) is 9.41. The predicted molar refractivity (Wildman–Crippen MR) is 93.7 cm³/mol. The summed E-state index contributed by atoms with van der Waals surface area (Å²) in [6.07, 6.45) is 0. The van der Waals surface area contributed by atoms with Crippen molar-refractivity contribution < 1.29 is 4.74 Å². The number of hydrogen-bond acceptors (Lipinski definition) is 3. The van der Waals surface area contributed by atoms with E-state index >= 15 is 0 Å². The lowest BCUT2D eigenvalue weighted by atomic mass is 9.95. The van der Waals surface area contributed by atoms with Gasteiger partial charge in [-0.2, -0.15) is 5.10 Å². The Morgan fingerprint density at radius 1 is 1.09 bits per heavy atom. The van der Waals surface area contributed by atoms with E-state index < -0.39 is 0 Å². The average molecular weight is 313 g/mol. The van der Waals surface area contributed by atoms with Crippen LogP contribution in [0.3, 0.4) is 0 Å². The van der Waals surface area contributed by atoms with E-state index in [1.807, 2.05) is 0 Å². The topological polar surface area (TPSA) is 41.2 Å². The lowest BCUT2D eigenvalue weighted by Crippen LogP contribution is -2.37. The molecule has 0 radical (unpaired) electrons. The normalized spacial score (nSPS) is 17.6. The molecule has 1 atom stereocenters. The van der Waals surface area contributed by atoms with Crippen LogP contribution in [0.4, 0.5) is 0 Å². The third kappa shape index (κ3) is 3.33. The molecule has 1 aliphatic rings. The maximum absolute atomic E-state index is 5.45. The summed E-state index contributed by atoms with van der Waals surface area (Å²) in [5, 5.41) is 7.61. The molecule has 1 aromatic carbocycles. The van der Waals surface area contributed by atoms with Gasteiger partial charge in [0.1, 0.15) is 0 Å². The van der Waals surface area contributed by atoms with Crippen LogP contribution in [0.5, 0.6) is 0 Å². The van der Waals surface area contributed by atoms with E-state index in [-0.39, 0.29) is 0 Å². The molecule has 1 fully saturated rings. The van der Waals surface area contributed by atoms with Crippen LogP contribution in [0.2, 0.25) is 0 Å². The number of rotatable bonds is 4. The average Bonchev–Trinajstić information content (AvgIpc) is 2.97. The van der Waals surface area contributed by atoms with Crippen LogP contribution in [0.15, 0.2) is 24.3 Å². The SMILES string of the molecule is Cc1[nH]nc(C(C)C)c1-c1ccc([C@@H](C)N2CCOCC2)cc1. The summed E-state index contributed by atoms with van der Waals surface area (Å²) < 4.78 is 5.45. The number of nitrogens with zero attached hydrogens (tertiary/aromatic N) is 2. The molecule has 0 aliphatic carbocycles. The summed E-state index contributed by atoms with van der Waals surface area (Å²) >= 11 is 0. The van der Waals surface area contributed by atoms with Crippen molar-refractivity contribution in [2.45, 2.75) is 39.7 Å². The molecule has 23 heavy (non-hydrogen) atoms. The van der Waals surface area contributed by atoms with Gasteiger partial charge in [-0.3, -0.25) is 10.00 Å². The van der Waals surface area contributed by atoms with Crippen molar-refractivity contribution in [2.75, 3.05) is 26.3 Å². The van der Waals surface area contributed by atoms with Crippen molar-refractivity contribution in [3.05, 3.63) is 41.2 Å². The minimum absolute atomic E-state index is 0.418. The van der Waals surface area contributed by atoms with Crippen molar-refractivity contribution in [3.8, 4) is 11.1 Å². The molecule has 1 aliphatic heterocycles. The number of ether oxygens (including phenoxy) is 1. The van der Waals surface area contributed by atoms with Gasteiger partial charge < -0.3 is 4.74 Å². The maximum atomic E-state index is 5.45. The van der Waals surface area contributed by atoms with E-state index in [2.05, 4.69) is 67.1 Å². The van der Waals surface area contributed by atoms with E-state index in [0.717, 1.165) is 37.7 Å². The molecule has 124 valence electrons. The second-order valence-electron chi connectivity index (χ2n) is 6.71. The Morgan fingerprint density at radius 2 is 1.74 bits per heavy atom. The molecule has 1 aromatic heterocycles. The Balaban J connectivity index is 1.83. The Hall–Kier alpha value is -1.65. The number of aromatic amines is 1. The van der Waals surface area contributed by atoms with Gasteiger partial charge in [0.25, 0.3) is 0 Å². The summed E-state index contributed by atoms with van der Waals surface area (Å²) in [6.45, 7) is 12.5. The fourth-order valence-corrected chi connectivity index (χ4v) is 3.33. The second kappa shape index (κ2) is 6.85. The third-order valence-electron chi connectivity index (χ3n) is 4.80. The highest BCUT2D eigenvalue weighted by molar-refractivity contribution is 5.69. The smallest absolute Gasteiger partial charge is 0.0728 e. The van der Waals surface area contributed by atoms with Crippen LogP contribution in [0.1, 0.15) is 49.7 Å². The Morgan fingerprint density at radius 3 is 2.35 bits per heavy atom. The highest BCUT2D eigenvalue weighted by Crippen LogP contribution is 2.31. The Kier molecular flexibility index (Phi) is 4.83. The monoisotopic (exact) mass is 313 g/mol. The number of nitrogens with one attached hydrogen (secondary N) is 1. The molecule has 1 N–H and O–H groups in total. The van der Waals surface area contributed by atoms with E-state index in [9.17, 15) is 0 Å². The first-order chi connectivity index (χ1) is 11.1. The lowest BCUT2D eigenvalue weighted by Gasteiger charge is -2.32. The number of hydrogen-bond donors (Lipinski definition) is 1. The van der Waals surface area contributed by atoms with E-state index in [0.29, 0.717) is 12.0 Å². The first kappa shape index (κ1) is 16.2. The summed E-state index contributed by atoms with van der Waals surface area (Å²) in [7, 11) is 0. The minimum atomic E-state index is 0.418. The number of H-pyrrole nitrogens is 1. The standard InChI is InChI=1S/C19H27N3O/c1-13(2)19-18(14(3)20-21-19)17-7-5-16(6-8-17)15(4)22-9-11-23-12-10-22/h5-8,13,15H,9-12H2,1-4H3,(H,20,21)/t15-/m1/s1. The molecule has 4 heteroatoms. The van der Waals surface area contributed by atoms with Gasteiger partial charge >= 0.3 is 0 Å². The number of aromatic nitrogens is 2. The van der Waals surface area contributed by atoms with Gasteiger partial charge in [0, 0.05) is 30.4 Å². The second-order valence-corrected chi connectivity index (χ2v) is 6.71. The largest absolute Gasteiger partial charge is 0.379 e. The molecular weight excluding hydrogens is 286 g/mol. The summed E-state index contributed by atoms with van der Waals surface area (Å²) in [5.74, 6) is 0.418.